The average molecular weight is 401 g/mol. The third-order valence-corrected chi connectivity index (χ3v) is 7.43. The molecule has 1 aliphatic rings. The first-order valence-electron chi connectivity index (χ1n) is 9.72. The van der Waals surface area contributed by atoms with Gasteiger partial charge >= 0.3 is 0 Å². The number of ketones is 1. The molecule has 5 nitrogen and oxygen atoms in total. The van der Waals surface area contributed by atoms with Gasteiger partial charge in [-0.2, -0.15) is 4.31 Å². The number of hydrogen-bond donors (Lipinski definition) is 1. The number of anilines is 1. The van der Waals surface area contributed by atoms with Crippen LogP contribution < -0.4 is 5.32 Å². The molecule has 1 saturated heterocycles. The van der Waals surface area contributed by atoms with E-state index in [0.717, 1.165) is 18.5 Å². The summed E-state index contributed by atoms with van der Waals surface area (Å²) in [7, 11) is -3.49. The van der Waals surface area contributed by atoms with Crippen molar-refractivity contribution < 1.29 is 13.2 Å². The molecule has 0 bridgehead atoms. The Morgan fingerprint density at radius 3 is 2.29 bits per heavy atom. The van der Waals surface area contributed by atoms with Crippen molar-refractivity contribution in [3.63, 3.8) is 0 Å². The summed E-state index contributed by atoms with van der Waals surface area (Å²) in [5, 5.41) is 3.14. The zero-order valence-corrected chi connectivity index (χ0v) is 17.6. The van der Waals surface area contributed by atoms with Crippen LogP contribution in [0.15, 0.2) is 47.4 Å². The van der Waals surface area contributed by atoms with Crippen LogP contribution in [0.4, 0.5) is 5.69 Å². The number of carbonyl (C=O) groups is 1. The van der Waals surface area contributed by atoms with Crippen LogP contribution in [-0.4, -0.2) is 38.1 Å². The Hall–Kier alpha value is -2.18. The highest BCUT2D eigenvalue weighted by molar-refractivity contribution is 7.89. The van der Waals surface area contributed by atoms with Crippen molar-refractivity contribution in [2.75, 3.05) is 25.0 Å². The average Bonchev–Trinajstić information content (AvgIpc) is 2.69. The van der Waals surface area contributed by atoms with Gasteiger partial charge in [0.2, 0.25) is 10.0 Å². The summed E-state index contributed by atoms with van der Waals surface area (Å²) in [6.07, 6.45) is 1.78. The van der Waals surface area contributed by atoms with Gasteiger partial charge in [0, 0.05) is 24.3 Å². The summed E-state index contributed by atoms with van der Waals surface area (Å²) in [6, 6.07) is 12.3. The fourth-order valence-corrected chi connectivity index (χ4v) is 4.79. The minimum atomic E-state index is -3.49. The van der Waals surface area contributed by atoms with Crippen LogP contribution in [0.5, 0.6) is 0 Å². The Balaban J connectivity index is 1.64. The number of carbonyl (C=O) groups excluding carboxylic acids is 1. The molecule has 1 N–H and O–H groups in total. The first-order valence-corrected chi connectivity index (χ1v) is 11.2. The van der Waals surface area contributed by atoms with Gasteiger partial charge in [-0.25, -0.2) is 8.42 Å². The number of hydrogen-bond acceptors (Lipinski definition) is 4. The van der Waals surface area contributed by atoms with Crippen LogP contribution in [0.1, 0.15) is 41.3 Å². The number of rotatable bonds is 6. The number of nitrogens with one attached hydrogen (secondary N) is 1. The first kappa shape index (κ1) is 20.6. The third-order valence-electron chi connectivity index (χ3n) is 5.52. The molecule has 0 amide bonds. The van der Waals surface area contributed by atoms with Gasteiger partial charge in [0.1, 0.15) is 0 Å². The summed E-state index contributed by atoms with van der Waals surface area (Å²) < 4.78 is 27.1. The van der Waals surface area contributed by atoms with E-state index in [1.165, 1.54) is 23.3 Å². The van der Waals surface area contributed by atoms with E-state index < -0.39 is 10.0 Å². The largest absolute Gasteiger partial charge is 0.378 e. The van der Waals surface area contributed by atoms with E-state index in [1.807, 2.05) is 32.0 Å². The fraction of sp³-hybridized carbons (Fsp3) is 0.409. The minimum absolute atomic E-state index is 0.0750. The maximum absolute atomic E-state index is 12.8. The molecule has 0 radical (unpaired) electrons. The van der Waals surface area contributed by atoms with Crippen LogP contribution in [0.3, 0.4) is 0 Å². The lowest BCUT2D eigenvalue weighted by Gasteiger charge is -2.29. The lowest BCUT2D eigenvalue weighted by atomic mass is 10.0. The minimum Gasteiger partial charge on any atom is -0.378 e. The Morgan fingerprint density at radius 1 is 1.04 bits per heavy atom. The predicted octanol–water partition coefficient (Wildman–Crippen LogP) is 4.02. The molecule has 0 unspecified atom stereocenters. The van der Waals surface area contributed by atoms with Crippen molar-refractivity contribution in [2.24, 2.45) is 5.92 Å². The van der Waals surface area contributed by atoms with E-state index >= 15 is 0 Å². The van der Waals surface area contributed by atoms with Gasteiger partial charge in [-0.05, 0) is 80.1 Å². The van der Waals surface area contributed by atoms with Gasteiger partial charge in [0.25, 0.3) is 0 Å². The highest BCUT2D eigenvalue weighted by Gasteiger charge is 2.28. The van der Waals surface area contributed by atoms with E-state index in [1.54, 1.807) is 16.4 Å². The number of piperidine rings is 1. The standard InChI is InChI=1S/C22H28N2O3S/c1-16-10-12-24(13-11-16)28(26,27)21-8-5-19(6-9-21)22(25)15-23-20-7-4-17(2)18(3)14-20/h4-9,14,16,23H,10-13,15H2,1-3H3. The van der Waals surface area contributed by atoms with Crippen molar-refractivity contribution >= 4 is 21.5 Å². The van der Waals surface area contributed by atoms with Crippen molar-refractivity contribution in [3.05, 3.63) is 59.2 Å². The number of sulfonamides is 1. The van der Waals surface area contributed by atoms with Crippen LogP contribution in [-0.2, 0) is 10.0 Å². The molecular weight excluding hydrogens is 372 g/mol. The molecule has 150 valence electrons. The zero-order valence-electron chi connectivity index (χ0n) is 16.7. The van der Waals surface area contributed by atoms with E-state index in [4.69, 9.17) is 0 Å². The van der Waals surface area contributed by atoms with Crippen LogP contribution in [0, 0.1) is 19.8 Å². The van der Waals surface area contributed by atoms with Gasteiger partial charge in [-0.15, -0.1) is 0 Å². The molecule has 6 heteroatoms. The fourth-order valence-electron chi connectivity index (χ4n) is 3.32. The highest BCUT2D eigenvalue weighted by Crippen LogP contribution is 2.23. The predicted molar refractivity (Wildman–Crippen MR) is 112 cm³/mol. The Bertz CT molecular complexity index is 944. The van der Waals surface area contributed by atoms with E-state index in [9.17, 15) is 13.2 Å². The molecule has 0 spiro atoms. The number of benzene rings is 2. The van der Waals surface area contributed by atoms with Crippen molar-refractivity contribution in [1.82, 2.24) is 4.31 Å². The van der Waals surface area contributed by atoms with Gasteiger partial charge < -0.3 is 5.32 Å². The molecule has 2 aromatic rings. The molecule has 0 aromatic heterocycles. The Morgan fingerprint density at radius 2 is 1.68 bits per heavy atom. The lowest BCUT2D eigenvalue weighted by molar-refractivity contribution is 0.101. The second-order valence-corrected chi connectivity index (χ2v) is 9.62. The van der Waals surface area contributed by atoms with Crippen molar-refractivity contribution in [3.8, 4) is 0 Å². The first-order chi connectivity index (χ1) is 13.3. The van der Waals surface area contributed by atoms with Crippen LogP contribution in [0.25, 0.3) is 0 Å². The van der Waals surface area contributed by atoms with E-state index in [-0.39, 0.29) is 17.2 Å². The quantitative estimate of drug-likeness (QED) is 0.744. The maximum atomic E-state index is 12.8. The van der Waals surface area contributed by atoms with Crippen LogP contribution >= 0.6 is 0 Å². The second kappa shape index (κ2) is 8.45. The Kier molecular flexibility index (Phi) is 6.20. The van der Waals surface area contributed by atoms with Gasteiger partial charge in [-0.3, -0.25) is 4.79 Å². The molecular formula is C22H28N2O3S. The molecule has 28 heavy (non-hydrogen) atoms. The third kappa shape index (κ3) is 4.62. The molecule has 1 fully saturated rings. The zero-order chi connectivity index (χ0) is 20.3. The number of nitrogens with zero attached hydrogens (tertiary/aromatic N) is 1. The summed E-state index contributed by atoms with van der Waals surface area (Å²) in [5.41, 5.74) is 3.77. The van der Waals surface area contributed by atoms with Gasteiger partial charge in [-0.1, -0.05) is 13.0 Å². The van der Waals surface area contributed by atoms with E-state index in [2.05, 4.69) is 12.2 Å². The van der Waals surface area contributed by atoms with Crippen LogP contribution in [0.2, 0.25) is 0 Å². The molecule has 0 aliphatic carbocycles. The monoisotopic (exact) mass is 400 g/mol. The summed E-state index contributed by atoms with van der Waals surface area (Å²) in [6.45, 7) is 7.51. The molecule has 0 saturated carbocycles. The van der Waals surface area contributed by atoms with Gasteiger partial charge in [0.05, 0.1) is 11.4 Å². The number of Topliss-reactive ketones (excluding diaryl/α,β-unsaturated/α-hetero) is 1. The normalized spacial score (nSPS) is 16.1. The van der Waals surface area contributed by atoms with Gasteiger partial charge in [0.15, 0.2) is 5.78 Å². The topological polar surface area (TPSA) is 66.5 Å². The summed E-state index contributed by atoms with van der Waals surface area (Å²) in [4.78, 5) is 12.7. The molecule has 3 rings (SSSR count). The number of aryl methyl sites for hydroxylation is 2. The Labute approximate surface area is 167 Å². The van der Waals surface area contributed by atoms with Crippen molar-refractivity contribution in [2.45, 2.75) is 38.5 Å². The molecule has 1 heterocycles. The SMILES string of the molecule is Cc1ccc(NCC(=O)c2ccc(S(=O)(=O)N3CCC(C)CC3)cc2)cc1C. The van der Waals surface area contributed by atoms with E-state index in [0.29, 0.717) is 24.6 Å². The highest BCUT2D eigenvalue weighted by atomic mass is 32.2. The molecule has 2 aromatic carbocycles. The molecule has 0 atom stereocenters. The van der Waals surface area contributed by atoms with Crippen molar-refractivity contribution in [1.29, 1.82) is 0 Å². The smallest absolute Gasteiger partial charge is 0.243 e. The lowest BCUT2D eigenvalue weighted by Crippen LogP contribution is -2.37. The second-order valence-electron chi connectivity index (χ2n) is 7.69. The molecule has 1 aliphatic heterocycles. The maximum Gasteiger partial charge on any atom is 0.243 e. The summed E-state index contributed by atoms with van der Waals surface area (Å²) in [5.74, 6) is 0.491. The summed E-state index contributed by atoms with van der Waals surface area (Å²) >= 11 is 0.